The van der Waals surface area contributed by atoms with Crippen molar-refractivity contribution in [3.63, 3.8) is 0 Å². The van der Waals surface area contributed by atoms with E-state index in [1.54, 1.807) is 0 Å². The van der Waals surface area contributed by atoms with Gasteiger partial charge in [0, 0.05) is 0 Å². The van der Waals surface area contributed by atoms with Crippen LogP contribution < -0.4 is 0 Å². The molecule has 126 valence electrons. The average molecular weight is 295 g/mol. The summed E-state index contributed by atoms with van der Waals surface area (Å²) in [5.41, 5.74) is 0.577. The standard InChI is InChI=1S/C21H42/c1-7-10-14-18(8-2)21(6,20(9-3)17(4)5)19-15-12-11-13-16-19/h17-20H,7-16H2,1-6H3. The Hall–Kier alpha value is 0. The van der Waals surface area contributed by atoms with E-state index in [1.165, 1.54) is 64.2 Å². The summed E-state index contributed by atoms with van der Waals surface area (Å²) < 4.78 is 0. The third-order valence-corrected chi connectivity index (χ3v) is 6.81. The summed E-state index contributed by atoms with van der Waals surface area (Å²) in [6, 6.07) is 0. The van der Waals surface area contributed by atoms with Crippen molar-refractivity contribution in [1.29, 1.82) is 0 Å². The molecule has 0 aromatic rings. The predicted molar refractivity (Wildman–Crippen MR) is 96.6 cm³/mol. The lowest BCUT2D eigenvalue weighted by molar-refractivity contribution is -0.0296. The maximum Gasteiger partial charge on any atom is -0.0239 e. The summed E-state index contributed by atoms with van der Waals surface area (Å²) in [5, 5.41) is 0. The summed E-state index contributed by atoms with van der Waals surface area (Å²) in [6.07, 6.45) is 14.5. The lowest BCUT2D eigenvalue weighted by Crippen LogP contribution is -2.44. The van der Waals surface area contributed by atoms with E-state index in [1.807, 2.05) is 0 Å². The molecule has 0 heteroatoms. The highest BCUT2D eigenvalue weighted by molar-refractivity contribution is 4.95. The van der Waals surface area contributed by atoms with E-state index in [4.69, 9.17) is 0 Å². The first-order valence-corrected chi connectivity index (χ1v) is 10.0. The fourth-order valence-corrected chi connectivity index (χ4v) is 5.70. The molecule has 0 amide bonds. The van der Waals surface area contributed by atoms with E-state index in [9.17, 15) is 0 Å². The fraction of sp³-hybridized carbons (Fsp3) is 1.00. The molecule has 1 aliphatic rings. The minimum atomic E-state index is 0.577. The predicted octanol–water partition coefficient (Wildman–Crippen LogP) is 7.47. The summed E-state index contributed by atoms with van der Waals surface area (Å²) in [7, 11) is 0. The molecule has 0 heterocycles. The van der Waals surface area contributed by atoms with Crippen LogP contribution >= 0.6 is 0 Å². The van der Waals surface area contributed by atoms with Crippen molar-refractivity contribution in [2.45, 2.75) is 106 Å². The SMILES string of the molecule is CCCCC(CC)C(C)(C1CCCCC1)C(CC)C(C)C. The van der Waals surface area contributed by atoms with Gasteiger partial charge in [-0.25, -0.2) is 0 Å². The second kappa shape index (κ2) is 9.21. The molecule has 0 spiro atoms. The molecule has 0 saturated heterocycles. The molecule has 3 unspecified atom stereocenters. The zero-order valence-corrected chi connectivity index (χ0v) is 15.9. The van der Waals surface area contributed by atoms with Gasteiger partial charge in [0.2, 0.25) is 0 Å². The number of hydrogen-bond donors (Lipinski definition) is 0. The highest BCUT2D eigenvalue weighted by atomic mass is 14.5. The van der Waals surface area contributed by atoms with Gasteiger partial charge < -0.3 is 0 Å². The van der Waals surface area contributed by atoms with Crippen molar-refractivity contribution >= 4 is 0 Å². The van der Waals surface area contributed by atoms with Crippen LogP contribution in [0.2, 0.25) is 0 Å². The fourth-order valence-electron chi connectivity index (χ4n) is 5.70. The van der Waals surface area contributed by atoms with E-state index in [-0.39, 0.29) is 0 Å². The number of hydrogen-bond acceptors (Lipinski definition) is 0. The van der Waals surface area contributed by atoms with Crippen molar-refractivity contribution in [1.82, 2.24) is 0 Å². The summed E-state index contributed by atoms with van der Waals surface area (Å²) in [4.78, 5) is 0. The molecule has 1 fully saturated rings. The van der Waals surface area contributed by atoms with Gasteiger partial charge in [0.05, 0.1) is 0 Å². The molecular weight excluding hydrogens is 252 g/mol. The molecule has 1 rings (SSSR count). The number of unbranched alkanes of at least 4 members (excludes halogenated alkanes) is 1. The quantitative estimate of drug-likeness (QED) is 0.413. The Balaban J connectivity index is 3.05. The van der Waals surface area contributed by atoms with Gasteiger partial charge in [0.1, 0.15) is 0 Å². The summed E-state index contributed by atoms with van der Waals surface area (Å²) in [5.74, 6) is 3.66. The minimum Gasteiger partial charge on any atom is -0.0654 e. The molecule has 0 bridgehead atoms. The lowest BCUT2D eigenvalue weighted by Gasteiger charge is -2.52. The van der Waals surface area contributed by atoms with Crippen LogP contribution in [0.5, 0.6) is 0 Å². The molecule has 0 radical (unpaired) electrons. The Morgan fingerprint density at radius 1 is 0.952 bits per heavy atom. The Morgan fingerprint density at radius 3 is 2.00 bits per heavy atom. The lowest BCUT2D eigenvalue weighted by atomic mass is 9.53. The second-order valence-electron chi connectivity index (χ2n) is 8.21. The molecule has 21 heavy (non-hydrogen) atoms. The molecule has 0 aromatic heterocycles. The third kappa shape index (κ3) is 4.49. The van der Waals surface area contributed by atoms with Gasteiger partial charge in [-0.3, -0.25) is 0 Å². The average Bonchev–Trinajstić information content (AvgIpc) is 2.49. The van der Waals surface area contributed by atoms with Crippen LogP contribution in [0.4, 0.5) is 0 Å². The molecular formula is C21H42. The van der Waals surface area contributed by atoms with Gasteiger partial charge in [-0.1, -0.05) is 86.5 Å². The van der Waals surface area contributed by atoms with Gasteiger partial charge in [-0.05, 0) is 48.3 Å². The van der Waals surface area contributed by atoms with E-state index in [0.717, 1.165) is 23.7 Å². The maximum atomic E-state index is 2.70. The van der Waals surface area contributed by atoms with Gasteiger partial charge >= 0.3 is 0 Å². The van der Waals surface area contributed by atoms with E-state index in [0.29, 0.717) is 5.41 Å². The molecule has 1 saturated carbocycles. The monoisotopic (exact) mass is 294 g/mol. The first kappa shape index (κ1) is 19.0. The Kier molecular flexibility index (Phi) is 8.35. The van der Waals surface area contributed by atoms with Crippen LogP contribution in [0.15, 0.2) is 0 Å². The van der Waals surface area contributed by atoms with E-state index < -0.39 is 0 Å². The van der Waals surface area contributed by atoms with Gasteiger partial charge in [-0.2, -0.15) is 0 Å². The van der Waals surface area contributed by atoms with Gasteiger partial charge in [0.25, 0.3) is 0 Å². The Labute approximate surface area is 135 Å². The van der Waals surface area contributed by atoms with Crippen molar-refractivity contribution in [3.05, 3.63) is 0 Å². The van der Waals surface area contributed by atoms with Gasteiger partial charge in [-0.15, -0.1) is 0 Å². The second-order valence-corrected chi connectivity index (χ2v) is 8.21. The molecule has 1 aliphatic carbocycles. The molecule has 0 nitrogen and oxygen atoms in total. The maximum absolute atomic E-state index is 2.70. The topological polar surface area (TPSA) is 0 Å². The molecule has 0 aliphatic heterocycles. The normalized spacial score (nSPS) is 23.0. The first-order valence-electron chi connectivity index (χ1n) is 10.0. The highest BCUT2D eigenvalue weighted by Crippen LogP contribution is 2.54. The summed E-state index contributed by atoms with van der Waals surface area (Å²) >= 11 is 0. The zero-order chi connectivity index (χ0) is 15.9. The minimum absolute atomic E-state index is 0.577. The van der Waals surface area contributed by atoms with Crippen molar-refractivity contribution in [2.75, 3.05) is 0 Å². The molecule has 0 aromatic carbocycles. The van der Waals surface area contributed by atoms with E-state index >= 15 is 0 Å². The van der Waals surface area contributed by atoms with Crippen molar-refractivity contribution in [2.24, 2.45) is 29.1 Å². The highest BCUT2D eigenvalue weighted by Gasteiger charge is 2.46. The van der Waals surface area contributed by atoms with Crippen LogP contribution in [0.25, 0.3) is 0 Å². The number of rotatable bonds is 9. The first-order chi connectivity index (χ1) is 10.0. The van der Waals surface area contributed by atoms with E-state index in [2.05, 4.69) is 41.5 Å². The largest absolute Gasteiger partial charge is 0.0654 e. The third-order valence-electron chi connectivity index (χ3n) is 6.81. The van der Waals surface area contributed by atoms with Crippen LogP contribution in [-0.4, -0.2) is 0 Å². The zero-order valence-electron chi connectivity index (χ0n) is 15.9. The van der Waals surface area contributed by atoms with Gasteiger partial charge in [0.15, 0.2) is 0 Å². The van der Waals surface area contributed by atoms with Crippen LogP contribution in [0, 0.1) is 29.1 Å². The summed E-state index contributed by atoms with van der Waals surface area (Å²) in [6.45, 7) is 14.9. The molecule has 0 N–H and O–H groups in total. The van der Waals surface area contributed by atoms with Crippen LogP contribution in [0.3, 0.4) is 0 Å². The molecule has 3 atom stereocenters. The Bertz CT molecular complexity index is 261. The Morgan fingerprint density at radius 2 is 1.57 bits per heavy atom. The van der Waals surface area contributed by atoms with Crippen molar-refractivity contribution in [3.8, 4) is 0 Å². The van der Waals surface area contributed by atoms with Crippen molar-refractivity contribution < 1.29 is 0 Å². The van der Waals surface area contributed by atoms with Crippen LogP contribution in [0.1, 0.15) is 106 Å². The van der Waals surface area contributed by atoms with Crippen LogP contribution in [-0.2, 0) is 0 Å². The smallest absolute Gasteiger partial charge is 0.0239 e.